The Morgan fingerprint density at radius 2 is 1.75 bits per heavy atom. The van der Waals surface area contributed by atoms with Gasteiger partial charge < -0.3 is 14.8 Å². The molecule has 1 aliphatic heterocycles. The molecule has 7 nitrogen and oxygen atoms in total. The van der Waals surface area contributed by atoms with Gasteiger partial charge in [0.2, 0.25) is 5.91 Å². The molecule has 3 aromatic carbocycles. The van der Waals surface area contributed by atoms with Gasteiger partial charge in [0.05, 0.1) is 11.5 Å². The zero-order chi connectivity index (χ0) is 25.5. The van der Waals surface area contributed by atoms with Gasteiger partial charge in [-0.05, 0) is 72.3 Å². The summed E-state index contributed by atoms with van der Waals surface area (Å²) in [6.07, 6.45) is 1.60. The van der Waals surface area contributed by atoms with Crippen molar-refractivity contribution >= 4 is 52.2 Å². The third-order valence-corrected chi connectivity index (χ3v) is 6.27. The van der Waals surface area contributed by atoms with Gasteiger partial charge in [0, 0.05) is 10.7 Å². The van der Waals surface area contributed by atoms with E-state index in [1.807, 2.05) is 37.3 Å². The zero-order valence-corrected chi connectivity index (χ0v) is 21.0. The SMILES string of the molecule is CCOc1cc(/C=C2/SC(=O)N(CC(=O)Nc3ccc(Cl)cc3)C2=O)ccc1OCc1ccccc1. The first kappa shape index (κ1) is 25.3. The van der Waals surface area contributed by atoms with Crippen LogP contribution in [0.3, 0.4) is 0 Å². The van der Waals surface area contributed by atoms with Crippen molar-refractivity contribution in [2.24, 2.45) is 0 Å². The Kier molecular flexibility index (Phi) is 8.30. The summed E-state index contributed by atoms with van der Waals surface area (Å²) in [6, 6.07) is 21.6. The smallest absolute Gasteiger partial charge is 0.294 e. The van der Waals surface area contributed by atoms with E-state index in [1.54, 1.807) is 48.5 Å². The first-order chi connectivity index (χ1) is 17.4. The Labute approximate surface area is 218 Å². The van der Waals surface area contributed by atoms with Crippen LogP contribution >= 0.6 is 23.4 Å². The predicted octanol–water partition coefficient (Wildman–Crippen LogP) is 5.99. The molecule has 0 radical (unpaired) electrons. The third-order valence-electron chi connectivity index (χ3n) is 5.11. The minimum absolute atomic E-state index is 0.222. The average molecular weight is 523 g/mol. The van der Waals surface area contributed by atoms with E-state index < -0.39 is 17.1 Å². The fourth-order valence-electron chi connectivity index (χ4n) is 3.40. The molecule has 3 aromatic rings. The van der Waals surface area contributed by atoms with Crippen LogP contribution in [0.15, 0.2) is 77.7 Å². The number of carbonyl (C=O) groups excluding carboxylic acids is 3. The van der Waals surface area contributed by atoms with Gasteiger partial charge in [0.1, 0.15) is 13.2 Å². The van der Waals surface area contributed by atoms with Gasteiger partial charge in [-0.25, -0.2) is 0 Å². The lowest BCUT2D eigenvalue weighted by Gasteiger charge is -2.13. The van der Waals surface area contributed by atoms with Crippen molar-refractivity contribution in [1.82, 2.24) is 4.90 Å². The van der Waals surface area contributed by atoms with E-state index in [9.17, 15) is 14.4 Å². The third kappa shape index (κ3) is 6.47. The molecule has 9 heteroatoms. The van der Waals surface area contributed by atoms with Crippen molar-refractivity contribution in [3.05, 3.63) is 93.9 Å². The lowest BCUT2D eigenvalue weighted by molar-refractivity contribution is -0.127. The number of imide groups is 1. The van der Waals surface area contributed by atoms with Gasteiger partial charge in [0.15, 0.2) is 11.5 Å². The van der Waals surface area contributed by atoms with E-state index in [2.05, 4.69) is 5.32 Å². The number of ether oxygens (including phenoxy) is 2. The van der Waals surface area contributed by atoms with E-state index in [1.165, 1.54) is 0 Å². The minimum Gasteiger partial charge on any atom is -0.490 e. The van der Waals surface area contributed by atoms with Crippen LogP contribution in [0.2, 0.25) is 5.02 Å². The molecule has 36 heavy (non-hydrogen) atoms. The van der Waals surface area contributed by atoms with Crippen molar-refractivity contribution in [3.8, 4) is 11.5 Å². The standard InChI is InChI=1S/C27H23ClN2O5S/c1-2-34-23-14-19(8-13-22(23)35-17-18-6-4-3-5-7-18)15-24-26(32)30(27(33)36-24)16-25(31)29-21-11-9-20(28)10-12-21/h3-15H,2,16-17H2,1H3,(H,29,31)/b24-15+. The molecule has 1 fully saturated rings. The number of hydrogen-bond donors (Lipinski definition) is 1. The van der Waals surface area contributed by atoms with Gasteiger partial charge >= 0.3 is 0 Å². The molecule has 1 heterocycles. The van der Waals surface area contributed by atoms with E-state index >= 15 is 0 Å². The van der Waals surface area contributed by atoms with Crippen molar-refractivity contribution in [3.63, 3.8) is 0 Å². The van der Waals surface area contributed by atoms with Crippen molar-refractivity contribution in [2.45, 2.75) is 13.5 Å². The van der Waals surface area contributed by atoms with Crippen LogP contribution < -0.4 is 14.8 Å². The first-order valence-corrected chi connectivity index (χ1v) is 12.4. The second kappa shape index (κ2) is 11.8. The number of halogens is 1. The Bertz CT molecular complexity index is 1300. The summed E-state index contributed by atoms with van der Waals surface area (Å²) in [5.74, 6) is 0.0895. The summed E-state index contributed by atoms with van der Waals surface area (Å²) >= 11 is 6.64. The molecule has 3 amide bonds. The lowest BCUT2D eigenvalue weighted by Crippen LogP contribution is -2.36. The van der Waals surface area contributed by atoms with Crippen LogP contribution in [0.1, 0.15) is 18.1 Å². The molecule has 1 N–H and O–H groups in total. The number of thioether (sulfide) groups is 1. The number of carbonyl (C=O) groups is 3. The monoisotopic (exact) mass is 522 g/mol. The summed E-state index contributed by atoms with van der Waals surface area (Å²) < 4.78 is 11.7. The molecule has 0 unspecified atom stereocenters. The van der Waals surface area contributed by atoms with Crippen molar-refractivity contribution in [1.29, 1.82) is 0 Å². The molecule has 0 saturated carbocycles. The number of nitrogens with one attached hydrogen (secondary N) is 1. The van der Waals surface area contributed by atoms with E-state index in [4.69, 9.17) is 21.1 Å². The minimum atomic E-state index is -0.529. The molecule has 0 bridgehead atoms. The van der Waals surface area contributed by atoms with E-state index in [0.717, 1.165) is 22.2 Å². The highest BCUT2D eigenvalue weighted by Crippen LogP contribution is 2.35. The van der Waals surface area contributed by atoms with Crippen LogP contribution in [0, 0.1) is 0 Å². The molecule has 0 aliphatic carbocycles. The Balaban J connectivity index is 1.44. The quantitative estimate of drug-likeness (QED) is 0.347. The van der Waals surface area contributed by atoms with E-state index in [0.29, 0.717) is 41.0 Å². The van der Waals surface area contributed by atoms with Crippen LogP contribution in [0.4, 0.5) is 10.5 Å². The maximum absolute atomic E-state index is 12.9. The van der Waals surface area contributed by atoms with Crippen LogP contribution in [0.5, 0.6) is 11.5 Å². The molecule has 0 atom stereocenters. The molecule has 1 aliphatic rings. The number of hydrogen-bond acceptors (Lipinski definition) is 6. The molecule has 0 spiro atoms. The van der Waals surface area contributed by atoms with Gasteiger partial charge in [-0.2, -0.15) is 0 Å². The topological polar surface area (TPSA) is 84.9 Å². The summed E-state index contributed by atoms with van der Waals surface area (Å²) in [5.41, 5.74) is 2.21. The largest absolute Gasteiger partial charge is 0.490 e. The summed E-state index contributed by atoms with van der Waals surface area (Å²) in [5, 5.41) is 2.68. The van der Waals surface area contributed by atoms with Gasteiger partial charge in [0.25, 0.3) is 11.1 Å². The van der Waals surface area contributed by atoms with Crippen LogP contribution in [-0.4, -0.2) is 35.1 Å². The van der Waals surface area contributed by atoms with Crippen LogP contribution in [-0.2, 0) is 16.2 Å². The molecule has 1 saturated heterocycles. The number of anilines is 1. The molecular formula is C27H23ClN2O5S. The van der Waals surface area contributed by atoms with Gasteiger partial charge in [-0.3, -0.25) is 19.3 Å². The van der Waals surface area contributed by atoms with E-state index in [-0.39, 0.29) is 11.4 Å². The number of benzene rings is 3. The predicted molar refractivity (Wildman–Crippen MR) is 141 cm³/mol. The highest BCUT2D eigenvalue weighted by atomic mass is 35.5. The second-order valence-electron chi connectivity index (χ2n) is 7.74. The Morgan fingerprint density at radius 3 is 2.47 bits per heavy atom. The maximum atomic E-state index is 12.9. The van der Waals surface area contributed by atoms with Crippen molar-refractivity contribution < 1.29 is 23.9 Å². The highest BCUT2D eigenvalue weighted by Gasteiger charge is 2.36. The molecule has 0 aromatic heterocycles. The Morgan fingerprint density at radius 1 is 1.00 bits per heavy atom. The number of nitrogens with zero attached hydrogens (tertiary/aromatic N) is 1. The van der Waals surface area contributed by atoms with Gasteiger partial charge in [-0.15, -0.1) is 0 Å². The average Bonchev–Trinajstić information content (AvgIpc) is 3.13. The molecular weight excluding hydrogens is 500 g/mol. The maximum Gasteiger partial charge on any atom is 0.294 e. The second-order valence-corrected chi connectivity index (χ2v) is 9.17. The normalized spacial score (nSPS) is 14.3. The summed E-state index contributed by atoms with van der Waals surface area (Å²) in [7, 11) is 0. The summed E-state index contributed by atoms with van der Waals surface area (Å²) in [6.45, 7) is 2.30. The number of rotatable bonds is 9. The fraction of sp³-hybridized carbons (Fsp3) is 0.148. The Hall–Kier alpha value is -3.75. The molecule has 4 rings (SSSR count). The van der Waals surface area contributed by atoms with Crippen LogP contribution in [0.25, 0.3) is 6.08 Å². The van der Waals surface area contributed by atoms with Crippen molar-refractivity contribution in [2.75, 3.05) is 18.5 Å². The fourth-order valence-corrected chi connectivity index (χ4v) is 4.37. The zero-order valence-electron chi connectivity index (χ0n) is 19.4. The lowest BCUT2D eigenvalue weighted by atomic mass is 10.1. The highest BCUT2D eigenvalue weighted by molar-refractivity contribution is 8.18. The molecule has 184 valence electrons. The first-order valence-electron chi connectivity index (χ1n) is 11.2. The summed E-state index contributed by atoms with van der Waals surface area (Å²) in [4.78, 5) is 38.8. The van der Waals surface area contributed by atoms with Gasteiger partial charge in [-0.1, -0.05) is 48.0 Å². The number of amides is 3.